The Morgan fingerprint density at radius 1 is 1.32 bits per heavy atom. The molecular weight excluding hydrogens is 240 g/mol. The molecule has 2 heterocycles. The molecule has 0 spiro atoms. The van der Waals surface area contributed by atoms with Crippen molar-refractivity contribution >= 4 is 0 Å². The third kappa shape index (κ3) is 3.01. The Bertz CT molecular complexity index is 459. The van der Waals surface area contributed by atoms with Gasteiger partial charge in [0.1, 0.15) is 0 Å². The van der Waals surface area contributed by atoms with Crippen LogP contribution in [0.1, 0.15) is 25.8 Å². The van der Waals surface area contributed by atoms with Gasteiger partial charge in [0.05, 0.1) is 0 Å². The van der Waals surface area contributed by atoms with Crippen molar-refractivity contribution in [1.29, 1.82) is 0 Å². The van der Waals surface area contributed by atoms with Crippen molar-refractivity contribution in [1.82, 2.24) is 10.6 Å². The van der Waals surface area contributed by atoms with Crippen molar-refractivity contribution in [3.63, 3.8) is 0 Å². The van der Waals surface area contributed by atoms with Crippen LogP contribution in [0.5, 0.6) is 11.5 Å². The lowest BCUT2D eigenvalue weighted by Crippen LogP contribution is -2.32. The van der Waals surface area contributed by atoms with Crippen molar-refractivity contribution in [3.05, 3.63) is 23.8 Å². The van der Waals surface area contributed by atoms with Crippen LogP contribution >= 0.6 is 0 Å². The summed E-state index contributed by atoms with van der Waals surface area (Å²) in [6, 6.07) is 6.79. The fourth-order valence-electron chi connectivity index (χ4n) is 2.82. The number of rotatable bonds is 4. The van der Waals surface area contributed by atoms with Crippen LogP contribution in [0.25, 0.3) is 0 Å². The Morgan fingerprint density at radius 2 is 2.16 bits per heavy atom. The molecule has 1 saturated heterocycles. The quantitative estimate of drug-likeness (QED) is 0.866. The highest BCUT2D eigenvalue weighted by Gasteiger charge is 2.29. The minimum absolute atomic E-state index is 0.274. The fraction of sp³-hybridized carbons (Fsp3) is 0.600. The van der Waals surface area contributed by atoms with Gasteiger partial charge in [0.25, 0.3) is 0 Å². The number of hydrogen-bond donors (Lipinski definition) is 2. The Labute approximate surface area is 114 Å². The second-order valence-electron chi connectivity index (χ2n) is 6.06. The van der Waals surface area contributed by atoms with Gasteiger partial charge in [0, 0.05) is 18.1 Å². The van der Waals surface area contributed by atoms with Gasteiger partial charge in [-0.1, -0.05) is 6.07 Å². The Balaban J connectivity index is 1.48. The molecule has 1 atom stereocenters. The number of benzene rings is 1. The van der Waals surface area contributed by atoms with E-state index < -0.39 is 0 Å². The minimum Gasteiger partial charge on any atom is -0.454 e. The molecule has 2 aliphatic rings. The van der Waals surface area contributed by atoms with E-state index in [0.29, 0.717) is 12.8 Å². The molecule has 0 bridgehead atoms. The van der Waals surface area contributed by atoms with E-state index in [-0.39, 0.29) is 5.54 Å². The van der Waals surface area contributed by atoms with Crippen LogP contribution in [0.3, 0.4) is 0 Å². The smallest absolute Gasteiger partial charge is 0.231 e. The molecule has 19 heavy (non-hydrogen) atoms. The van der Waals surface area contributed by atoms with Crippen molar-refractivity contribution < 1.29 is 9.47 Å². The molecule has 0 radical (unpaired) electrons. The average molecular weight is 262 g/mol. The summed E-state index contributed by atoms with van der Waals surface area (Å²) in [5.74, 6) is 1.74. The maximum absolute atomic E-state index is 5.39. The first-order valence-electron chi connectivity index (χ1n) is 6.99. The largest absolute Gasteiger partial charge is 0.454 e. The Morgan fingerprint density at radius 3 is 2.95 bits per heavy atom. The first kappa shape index (κ1) is 12.8. The SMILES string of the molecule is CC1(C)CC(NCCc2ccc3c(c2)OCO3)CN1. The highest BCUT2D eigenvalue weighted by Crippen LogP contribution is 2.32. The van der Waals surface area contributed by atoms with E-state index in [9.17, 15) is 0 Å². The van der Waals surface area contributed by atoms with Gasteiger partial charge in [-0.15, -0.1) is 0 Å². The molecule has 1 aromatic rings. The van der Waals surface area contributed by atoms with Crippen molar-refractivity contribution in [3.8, 4) is 11.5 Å². The number of fused-ring (bicyclic) bond motifs is 1. The van der Waals surface area contributed by atoms with E-state index in [4.69, 9.17) is 9.47 Å². The zero-order valence-corrected chi connectivity index (χ0v) is 11.7. The minimum atomic E-state index is 0.274. The lowest BCUT2D eigenvalue weighted by molar-refractivity contribution is 0.174. The number of ether oxygens (including phenoxy) is 2. The molecule has 0 saturated carbocycles. The van der Waals surface area contributed by atoms with Gasteiger partial charge in [0.15, 0.2) is 11.5 Å². The monoisotopic (exact) mass is 262 g/mol. The van der Waals surface area contributed by atoms with E-state index in [2.05, 4.69) is 36.6 Å². The summed E-state index contributed by atoms with van der Waals surface area (Å²) in [7, 11) is 0. The maximum Gasteiger partial charge on any atom is 0.231 e. The lowest BCUT2D eigenvalue weighted by atomic mass is 10.0. The number of nitrogens with one attached hydrogen (secondary N) is 2. The first-order chi connectivity index (χ1) is 9.12. The topological polar surface area (TPSA) is 42.5 Å². The molecule has 2 aliphatic heterocycles. The average Bonchev–Trinajstić information content (AvgIpc) is 2.95. The van der Waals surface area contributed by atoms with Crippen LogP contribution in [0.15, 0.2) is 18.2 Å². The van der Waals surface area contributed by atoms with Crippen LogP contribution in [0, 0.1) is 0 Å². The van der Waals surface area contributed by atoms with Gasteiger partial charge in [-0.2, -0.15) is 0 Å². The molecule has 2 N–H and O–H groups in total. The second-order valence-corrected chi connectivity index (χ2v) is 6.06. The summed E-state index contributed by atoms with van der Waals surface area (Å²) < 4.78 is 10.7. The molecule has 1 fully saturated rings. The molecule has 0 aliphatic carbocycles. The fourth-order valence-corrected chi connectivity index (χ4v) is 2.82. The lowest BCUT2D eigenvalue weighted by Gasteiger charge is -2.17. The molecular formula is C15H22N2O2. The predicted molar refractivity (Wildman–Crippen MR) is 74.8 cm³/mol. The normalized spacial score (nSPS) is 23.8. The van der Waals surface area contributed by atoms with Gasteiger partial charge in [-0.3, -0.25) is 0 Å². The van der Waals surface area contributed by atoms with Crippen LogP contribution in [-0.4, -0.2) is 31.5 Å². The second kappa shape index (κ2) is 5.02. The predicted octanol–water partition coefficient (Wildman–Crippen LogP) is 1.69. The zero-order valence-electron chi connectivity index (χ0n) is 11.7. The molecule has 4 nitrogen and oxygen atoms in total. The standard InChI is InChI=1S/C15H22N2O2/c1-15(2)8-12(9-17-15)16-6-5-11-3-4-13-14(7-11)19-10-18-13/h3-4,7,12,16-17H,5-6,8-10H2,1-2H3. The number of hydrogen-bond acceptors (Lipinski definition) is 4. The zero-order chi connectivity index (χ0) is 13.3. The summed E-state index contributed by atoms with van der Waals surface area (Å²) >= 11 is 0. The van der Waals surface area contributed by atoms with Gasteiger partial charge < -0.3 is 20.1 Å². The molecule has 3 rings (SSSR count). The van der Waals surface area contributed by atoms with Crippen molar-refractivity contribution in [2.45, 2.75) is 38.3 Å². The third-order valence-electron chi connectivity index (χ3n) is 3.87. The van der Waals surface area contributed by atoms with Crippen LogP contribution in [-0.2, 0) is 6.42 Å². The molecule has 0 amide bonds. The Hall–Kier alpha value is -1.26. The van der Waals surface area contributed by atoms with Gasteiger partial charge >= 0.3 is 0 Å². The molecule has 4 heteroatoms. The summed E-state index contributed by atoms with van der Waals surface area (Å²) in [5.41, 5.74) is 1.57. The maximum atomic E-state index is 5.39. The Kier molecular flexibility index (Phi) is 3.37. The van der Waals surface area contributed by atoms with Gasteiger partial charge in [-0.05, 0) is 50.9 Å². The van der Waals surface area contributed by atoms with Crippen LogP contribution < -0.4 is 20.1 Å². The van der Waals surface area contributed by atoms with E-state index in [1.165, 1.54) is 12.0 Å². The van der Waals surface area contributed by atoms with E-state index in [1.807, 2.05) is 6.07 Å². The van der Waals surface area contributed by atoms with Crippen LogP contribution in [0.4, 0.5) is 0 Å². The third-order valence-corrected chi connectivity index (χ3v) is 3.87. The van der Waals surface area contributed by atoms with E-state index in [0.717, 1.165) is 31.0 Å². The van der Waals surface area contributed by atoms with Gasteiger partial charge in [-0.25, -0.2) is 0 Å². The summed E-state index contributed by atoms with van der Waals surface area (Å²) in [6.07, 6.45) is 2.21. The van der Waals surface area contributed by atoms with Gasteiger partial charge in [0.2, 0.25) is 6.79 Å². The highest BCUT2D eigenvalue weighted by atomic mass is 16.7. The van der Waals surface area contributed by atoms with Crippen molar-refractivity contribution in [2.24, 2.45) is 0 Å². The van der Waals surface area contributed by atoms with E-state index >= 15 is 0 Å². The van der Waals surface area contributed by atoms with E-state index in [1.54, 1.807) is 0 Å². The van der Waals surface area contributed by atoms with Crippen molar-refractivity contribution in [2.75, 3.05) is 19.9 Å². The molecule has 1 aromatic carbocycles. The first-order valence-corrected chi connectivity index (χ1v) is 6.99. The summed E-state index contributed by atoms with van der Waals surface area (Å²) in [6.45, 7) is 6.93. The van der Waals surface area contributed by atoms with Crippen LogP contribution in [0.2, 0.25) is 0 Å². The summed E-state index contributed by atoms with van der Waals surface area (Å²) in [5, 5.41) is 7.15. The highest BCUT2D eigenvalue weighted by molar-refractivity contribution is 5.44. The molecule has 0 aromatic heterocycles. The summed E-state index contributed by atoms with van der Waals surface area (Å²) in [4.78, 5) is 0. The molecule has 104 valence electrons. The molecule has 1 unspecified atom stereocenters.